The van der Waals surface area contributed by atoms with E-state index in [1.165, 1.54) is 6.07 Å². The summed E-state index contributed by atoms with van der Waals surface area (Å²) in [6, 6.07) is 14.4. The third kappa shape index (κ3) is 9.72. The molecule has 33 heavy (non-hydrogen) atoms. The Morgan fingerprint density at radius 2 is 1.73 bits per heavy atom. The van der Waals surface area contributed by atoms with Crippen LogP contribution in [0.4, 0.5) is 5.69 Å². The molecular formula is C21H28N2O9S. The van der Waals surface area contributed by atoms with Gasteiger partial charge in [0.2, 0.25) is 16.1 Å². The van der Waals surface area contributed by atoms with Gasteiger partial charge in [-0.05, 0) is 11.6 Å². The van der Waals surface area contributed by atoms with Gasteiger partial charge in [0.15, 0.2) is 0 Å². The molecule has 1 heterocycles. The molecule has 0 spiro atoms. The first-order chi connectivity index (χ1) is 15.6. The Hall–Kier alpha value is -2.77. The summed E-state index contributed by atoms with van der Waals surface area (Å²) in [6.07, 6.45) is 0. The third-order valence-corrected chi connectivity index (χ3v) is 5.43. The van der Waals surface area contributed by atoms with Crippen molar-refractivity contribution in [3.8, 4) is 11.5 Å². The molecule has 0 aliphatic carbocycles. The zero-order chi connectivity index (χ0) is 24.3. The Morgan fingerprint density at radius 3 is 2.30 bits per heavy atom. The molecule has 0 saturated carbocycles. The molecule has 1 aliphatic rings. The van der Waals surface area contributed by atoms with Crippen LogP contribution in [0, 0.1) is 10.1 Å². The van der Waals surface area contributed by atoms with E-state index in [0.717, 1.165) is 50.0 Å². The van der Waals surface area contributed by atoms with E-state index in [1.54, 1.807) is 12.1 Å². The highest BCUT2D eigenvalue weighted by Crippen LogP contribution is 2.31. The second-order valence-electron chi connectivity index (χ2n) is 7.49. The fourth-order valence-electron chi connectivity index (χ4n) is 2.97. The highest BCUT2D eigenvalue weighted by Gasteiger charge is 2.25. The predicted molar refractivity (Wildman–Crippen MR) is 118 cm³/mol. The maximum atomic E-state index is 11.3. The molecule has 0 atom stereocenters. The first-order valence-corrected chi connectivity index (χ1v) is 11.5. The summed E-state index contributed by atoms with van der Waals surface area (Å²) in [5.41, 5.74) is 0.981. The first kappa shape index (κ1) is 26.5. The standard InChI is InChI=1S/C20H25N2O5.CH4O4S/c1-22(9-12-25-13-10-22)11-14-26-20-15-18(7-8-19(20)21(23)24)27-16-17-5-3-2-4-6-17;1-5-6(2,3)4/h2-8,15H,9-14,16H2,1H3;1H3,(H,2,3,4)/q+1;/p-1. The maximum absolute atomic E-state index is 11.3. The van der Waals surface area contributed by atoms with Crippen molar-refractivity contribution in [2.75, 3.05) is 53.6 Å². The lowest BCUT2D eigenvalue weighted by molar-refractivity contribution is -0.916. The molecule has 2 aromatic carbocycles. The number of hydrogen-bond acceptors (Lipinski definition) is 9. The van der Waals surface area contributed by atoms with Crippen LogP contribution < -0.4 is 9.47 Å². The van der Waals surface area contributed by atoms with Crippen molar-refractivity contribution in [3.05, 3.63) is 64.2 Å². The van der Waals surface area contributed by atoms with Gasteiger partial charge in [-0.2, -0.15) is 0 Å². The van der Waals surface area contributed by atoms with Crippen LogP contribution in [0.15, 0.2) is 48.5 Å². The van der Waals surface area contributed by atoms with Crippen molar-refractivity contribution in [2.24, 2.45) is 0 Å². The summed E-state index contributed by atoms with van der Waals surface area (Å²) < 4.78 is 48.8. The Kier molecular flexibility index (Phi) is 10.0. The number of quaternary nitrogens is 1. The second kappa shape index (κ2) is 12.5. The SMILES string of the molecule is COS(=O)(=O)[O-].C[N+]1(CCOc2cc(OCc3ccccc3)ccc2[N+](=O)[O-])CCOCC1. The van der Waals surface area contributed by atoms with E-state index in [9.17, 15) is 23.1 Å². The number of nitrogens with zero attached hydrogens (tertiary/aromatic N) is 2. The van der Waals surface area contributed by atoms with Gasteiger partial charge in [0.25, 0.3) is 0 Å². The number of likely N-dealkylation sites (N-methyl/N-ethyl adjacent to an activating group) is 1. The van der Waals surface area contributed by atoms with Crippen LogP contribution >= 0.6 is 0 Å². The Morgan fingerprint density at radius 1 is 1.09 bits per heavy atom. The first-order valence-electron chi connectivity index (χ1n) is 10.1. The van der Waals surface area contributed by atoms with E-state index in [1.807, 2.05) is 30.3 Å². The molecule has 182 valence electrons. The third-order valence-electron chi connectivity index (χ3n) is 5.02. The molecule has 0 aromatic heterocycles. The van der Waals surface area contributed by atoms with E-state index < -0.39 is 15.3 Å². The number of nitro benzene ring substituents is 1. The molecule has 1 fully saturated rings. The zero-order valence-corrected chi connectivity index (χ0v) is 19.4. The van der Waals surface area contributed by atoms with Gasteiger partial charge in [-0.3, -0.25) is 14.3 Å². The largest absolute Gasteiger partial charge is 0.726 e. The van der Waals surface area contributed by atoms with Crippen LogP contribution in [0.5, 0.6) is 11.5 Å². The van der Waals surface area contributed by atoms with E-state index in [-0.39, 0.29) is 11.4 Å². The maximum Gasteiger partial charge on any atom is 0.311 e. The van der Waals surface area contributed by atoms with Crippen LogP contribution in [0.1, 0.15) is 5.56 Å². The lowest BCUT2D eigenvalue weighted by Gasteiger charge is -2.37. The van der Waals surface area contributed by atoms with Gasteiger partial charge in [0, 0.05) is 12.1 Å². The molecule has 0 N–H and O–H groups in total. The van der Waals surface area contributed by atoms with E-state index >= 15 is 0 Å². The molecule has 1 aliphatic heterocycles. The minimum Gasteiger partial charge on any atom is -0.726 e. The van der Waals surface area contributed by atoms with Crippen molar-refractivity contribution in [1.29, 1.82) is 0 Å². The molecule has 1 saturated heterocycles. The zero-order valence-electron chi connectivity index (χ0n) is 18.5. The number of hydrogen-bond donors (Lipinski definition) is 0. The Balaban J connectivity index is 0.000000569. The number of rotatable bonds is 9. The molecule has 12 heteroatoms. The van der Waals surface area contributed by atoms with Crippen molar-refractivity contribution in [2.45, 2.75) is 6.61 Å². The molecule has 11 nitrogen and oxygen atoms in total. The van der Waals surface area contributed by atoms with E-state index in [0.29, 0.717) is 19.0 Å². The van der Waals surface area contributed by atoms with Crippen LogP contribution in [0.2, 0.25) is 0 Å². The van der Waals surface area contributed by atoms with Crippen LogP contribution in [0.3, 0.4) is 0 Å². The average molecular weight is 485 g/mol. The highest BCUT2D eigenvalue weighted by atomic mass is 32.3. The normalized spacial score (nSPS) is 15.1. The van der Waals surface area contributed by atoms with Crippen LogP contribution in [-0.4, -0.2) is 76.0 Å². The van der Waals surface area contributed by atoms with Gasteiger partial charge in [-0.15, -0.1) is 0 Å². The average Bonchev–Trinajstić information content (AvgIpc) is 2.78. The van der Waals surface area contributed by atoms with Gasteiger partial charge < -0.3 is 23.2 Å². The second-order valence-corrected chi connectivity index (χ2v) is 8.64. The Bertz CT molecular complexity index is 994. The van der Waals surface area contributed by atoms with Gasteiger partial charge in [0.05, 0.1) is 32.3 Å². The number of benzene rings is 2. The van der Waals surface area contributed by atoms with E-state index in [4.69, 9.17) is 14.2 Å². The lowest BCUT2D eigenvalue weighted by Crippen LogP contribution is -2.53. The molecule has 0 amide bonds. The number of nitro groups is 1. The minimum absolute atomic E-state index is 0.0494. The van der Waals surface area contributed by atoms with Crippen LogP contribution in [-0.2, 0) is 25.9 Å². The van der Waals surface area contributed by atoms with Crippen molar-refractivity contribution < 1.29 is 40.8 Å². The van der Waals surface area contributed by atoms with Crippen molar-refractivity contribution in [3.63, 3.8) is 0 Å². The number of morpholine rings is 1. The van der Waals surface area contributed by atoms with E-state index in [2.05, 4.69) is 11.2 Å². The lowest BCUT2D eigenvalue weighted by atomic mass is 10.2. The van der Waals surface area contributed by atoms with Gasteiger partial charge >= 0.3 is 5.69 Å². The summed E-state index contributed by atoms with van der Waals surface area (Å²) in [6.45, 7) is 4.89. The fraction of sp³-hybridized carbons (Fsp3) is 0.429. The quantitative estimate of drug-likeness (QED) is 0.172. The molecular weight excluding hydrogens is 456 g/mol. The summed E-state index contributed by atoms with van der Waals surface area (Å²) in [7, 11) is -1.45. The summed E-state index contributed by atoms with van der Waals surface area (Å²) in [5.74, 6) is 0.789. The van der Waals surface area contributed by atoms with Gasteiger partial charge in [-0.25, -0.2) is 8.42 Å². The summed E-state index contributed by atoms with van der Waals surface area (Å²) in [5, 5.41) is 11.3. The Labute approximate surface area is 193 Å². The van der Waals surface area contributed by atoms with Crippen molar-refractivity contribution >= 4 is 16.1 Å². The fourth-order valence-corrected chi connectivity index (χ4v) is 2.97. The smallest absolute Gasteiger partial charge is 0.311 e. The molecule has 3 rings (SSSR count). The summed E-state index contributed by atoms with van der Waals surface area (Å²) in [4.78, 5) is 10.9. The predicted octanol–water partition coefficient (Wildman–Crippen LogP) is 2.12. The monoisotopic (exact) mass is 484 g/mol. The summed E-state index contributed by atoms with van der Waals surface area (Å²) >= 11 is 0. The highest BCUT2D eigenvalue weighted by molar-refractivity contribution is 7.80. The van der Waals surface area contributed by atoms with Crippen molar-refractivity contribution in [1.82, 2.24) is 0 Å². The van der Waals surface area contributed by atoms with Gasteiger partial charge in [-0.1, -0.05) is 30.3 Å². The topological polar surface area (TPSA) is 137 Å². The molecule has 2 aromatic rings. The minimum atomic E-state index is -4.41. The van der Waals surface area contributed by atoms with Crippen LogP contribution in [0.25, 0.3) is 0 Å². The number of ether oxygens (including phenoxy) is 3. The molecule has 0 unspecified atom stereocenters. The van der Waals surface area contributed by atoms with Gasteiger partial charge in [0.1, 0.15) is 38.6 Å². The molecule has 0 radical (unpaired) electrons. The molecule has 0 bridgehead atoms.